The van der Waals surface area contributed by atoms with Crippen LogP contribution in [-0.2, 0) is 0 Å². The second-order valence-corrected chi connectivity index (χ2v) is 4.84. The fraction of sp³-hybridized carbons (Fsp3) is 1.00. The van der Waals surface area contributed by atoms with Crippen molar-refractivity contribution < 1.29 is 10.2 Å². The molecule has 2 heteroatoms. The highest BCUT2D eigenvalue weighted by Crippen LogP contribution is 2.32. The molecule has 0 aliphatic carbocycles. The van der Waals surface area contributed by atoms with Gasteiger partial charge >= 0.3 is 0 Å². The topological polar surface area (TPSA) is 40.5 Å². The van der Waals surface area contributed by atoms with Crippen LogP contribution in [0.5, 0.6) is 0 Å². The third kappa shape index (κ3) is 4.43. The number of aliphatic hydroxyl groups is 2. The van der Waals surface area contributed by atoms with Gasteiger partial charge in [0.2, 0.25) is 0 Å². The van der Waals surface area contributed by atoms with Gasteiger partial charge in [-0.3, -0.25) is 0 Å². The summed E-state index contributed by atoms with van der Waals surface area (Å²) in [6, 6.07) is 0. The molecule has 0 fully saturated rings. The predicted octanol–water partition coefficient (Wildman–Crippen LogP) is 2.30. The molecule has 2 nitrogen and oxygen atoms in total. The summed E-state index contributed by atoms with van der Waals surface area (Å²) >= 11 is 0. The fourth-order valence-electron chi connectivity index (χ4n) is 2.38. The zero-order chi connectivity index (χ0) is 11.1. The van der Waals surface area contributed by atoms with Crippen LogP contribution in [0.4, 0.5) is 0 Å². The second-order valence-electron chi connectivity index (χ2n) is 4.84. The highest BCUT2D eigenvalue weighted by atomic mass is 16.3. The Hall–Kier alpha value is -0.0800. The van der Waals surface area contributed by atoms with E-state index in [9.17, 15) is 0 Å². The van der Waals surface area contributed by atoms with Gasteiger partial charge in [0.25, 0.3) is 0 Å². The Balaban J connectivity index is 4.37. The number of aliphatic hydroxyl groups excluding tert-OH is 2. The van der Waals surface area contributed by atoms with E-state index in [1.807, 2.05) is 0 Å². The Bertz CT molecular complexity index is 116. The van der Waals surface area contributed by atoms with E-state index in [0.29, 0.717) is 23.7 Å². The van der Waals surface area contributed by atoms with E-state index < -0.39 is 0 Å². The summed E-state index contributed by atoms with van der Waals surface area (Å²) in [5.41, 5.74) is 0. The van der Waals surface area contributed by atoms with E-state index >= 15 is 0 Å². The monoisotopic (exact) mass is 202 g/mol. The Morgan fingerprint density at radius 3 is 1.14 bits per heavy atom. The van der Waals surface area contributed by atoms with Crippen LogP contribution in [0.3, 0.4) is 0 Å². The normalized spacial score (nSPS) is 16.3. The molecule has 2 atom stereocenters. The van der Waals surface area contributed by atoms with Gasteiger partial charge in [0.05, 0.1) is 0 Å². The lowest BCUT2D eigenvalue weighted by atomic mass is 9.74. The standard InChI is InChI=1S/C12H26O2/c1-9(2)11(5-7-13)12(6-8-14)10(3)4/h9-14H,5-8H2,1-4H3. The van der Waals surface area contributed by atoms with Crippen LogP contribution in [0.1, 0.15) is 40.5 Å². The summed E-state index contributed by atoms with van der Waals surface area (Å²) in [6.45, 7) is 9.33. The summed E-state index contributed by atoms with van der Waals surface area (Å²) < 4.78 is 0. The van der Waals surface area contributed by atoms with Gasteiger partial charge in [0, 0.05) is 13.2 Å². The summed E-state index contributed by atoms with van der Waals surface area (Å²) in [6.07, 6.45) is 1.72. The van der Waals surface area contributed by atoms with E-state index in [0.717, 1.165) is 12.8 Å². The van der Waals surface area contributed by atoms with Gasteiger partial charge < -0.3 is 10.2 Å². The van der Waals surface area contributed by atoms with Crippen molar-refractivity contribution in [2.24, 2.45) is 23.7 Å². The van der Waals surface area contributed by atoms with Crippen molar-refractivity contribution in [2.75, 3.05) is 13.2 Å². The van der Waals surface area contributed by atoms with Crippen molar-refractivity contribution in [1.29, 1.82) is 0 Å². The minimum atomic E-state index is 0.261. The Labute approximate surface area is 88.3 Å². The smallest absolute Gasteiger partial charge is 0.0433 e. The maximum atomic E-state index is 9.02. The van der Waals surface area contributed by atoms with Crippen LogP contribution in [0.2, 0.25) is 0 Å². The number of hydrogen-bond acceptors (Lipinski definition) is 2. The van der Waals surface area contributed by atoms with Gasteiger partial charge in [0.1, 0.15) is 0 Å². The van der Waals surface area contributed by atoms with Crippen molar-refractivity contribution >= 4 is 0 Å². The van der Waals surface area contributed by atoms with Crippen molar-refractivity contribution in [1.82, 2.24) is 0 Å². The van der Waals surface area contributed by atoms with Crippen molar-refractivity contribution in [3.8, 4) is 0 Å². The van der Waals surface area contributed by atoms with E-state index in [4.69, 9.17) is 10.2 Å². The van der Waals surface area contributed by atoms with Gasteiger partial charge in [-0.25, -0.2) is 0 Å². The molecule has 0 saturated heterocycles. The van der Waals surface area contributed by atoms with Crippen molar-refractivity contribution in [3.63, 3.8) is 0 Å². The number of rotatable bonds is 7. The first-order valence-electron chi connectivity index (χ1n) is 5.76. The molecule has 0 bridgehead atoms. The van der Waals surface area contributed by atoms with Gasteiger partial charge in [-0.2, -0.15) is 0 Å². The molecular formula is C12H26O2. The maximum Gasteiger partial charge on any atom is 0.0433 e. The van der Waals surface area contributed by atoms with E-state index in [1.165, 1.54) is 0 Å². The first kappa shape index (κ1) is 13.9. The molecule has 0 aliphatic heterocycles. The third-order valence-corrected chi connectivity index (χ3v) is 3.19. The average Bonchev–Trinajstić information content (AvgIpc) is 2.10. The lowest BCUT2D eigenvalue weighted by Gasteiger charge is -2.32. The van der Waals surface area contributed by atoms with E-state index in [2.05, 4.69) is 27.7 Å². The summed E-state index contributed by atoms with van der Waals surface area (Å²) in [7, 11) is 0. The van der Waals surface area contributed by atoms with E-state index in [1.54, 1.807) is 0 Å². The molecule has 0 amide bonds. The minimum Gasteiger partial charge on any atom is -0.396 e. The van der Waals surface area contributed by atoms with Crippen LogP contribution >= 0.6 is 0 Å². The molecule has 0 aromatic rings. The largest absolute Gasteiger partial charge is 0.396 e. The maximum absolute atomic E-state index is 9.02. The molecular weight excluding hydrogens is 176 g/mol. The Morgan fingerprint density at radius 2 is 1.00 bits per heavy atom. The molecule has 0 heterocycles. The molecule has 0 aromatic carbocycles. The Morgan fingerprint density at radius 1 is 0.714 bits per heavy atom. The lowest BCUT2D eigenvalue weighted by Crippen LogP contribution is -2.26. The van der Waals surface area contributed by atoms with Gasteiger partial charge in [-0.05, 0) is 36.5 Å². The second kappa shape index (κ2) is 7.24. The first-order chi connectivity index (χ1) is 6.54. The quantitative estimate of drug-likeness (QED) is 0.665. The lowest BCUT2D eigenvalue weighted by molar-refractivity contribution is 0.118. The highest BCUT2D eigenvalue weighted by Gasteiger charge is 2.25. The average molecular weight is 202 g/mol. The highest BCUT2D eigenvalue weighted by molar-refractivity contribution is 4.75. The molecule has 0 aliphatic rings. The zero-order valence-corrected chi connectivity index (χ0v) is 10.0. The van der Waals surface area contributed by atoms with Crippen LogP contribution in [0, 0.1) is 23.7 Å². The molecule has 0 radical (unpaired) electrons. The molecule has 14 heavy (non-hydrogen) atoms. The van der Waals surface area contributed by atoms with E-state index in [-0.39, 0.29) is 13.2 Å². The fourth-order valence-corrected chi connectivity index (χ4v) is 2.38. The third-order valence-electron chi connectivity index (χ3n) is 3.19. The summed E-state index contributed by atoms with van der Waals surface area (Å²) in [5.74, 6) is 2.24. The Kier molecular flexibility index (Phi) is 7.20. The SMILES string of the molecule is CC(C)C(CCO)C(CCO)C(C)C. The summed E-state index contributed by atoms with van der Waals surface area (Å²) in [5, 5.41) is 18.0. The van der Waals surface area contributed by atoms with Gasteiger partial charge in [-0.1, -0.05) is 27.7 Å². The molecule has 2 unspecified atom stereocenters. The van der Waals surface area contributed by atoms with Crippen LogP contribution < -0.4 is 0 Å². The van der Waals surface area contributed by atoms with Gasteiger partial charge in [-0.15, -0.1) is 0 Å². The van der Waals surface area contributed by atoms with Crippen LogP contribution in [0.15, 0.2) is 0 Å². The molecule has 0 spiro atoms. The minimum absolute atomic E-state index is 0.261. The molecule has 0 aromatic heterocycles. The number of hydrogen-bond donors (Lipinski definition) is 2. The first-order valence-corrected chi connectivity index (χ1v) is 5.76. The predicted molar refractivity (Wildman–Crippen MR) is 60.1 cm³/mol. The zero-order valence-electron chi connectivity index (χ0n) is 10.0. The van der Waals surface area contributed by atoms with Crippen LogP contribution in [0.25, 0.3) is 0 Å². The summed E-state index contributed by atoms with van der Waals surface area (Å²) in [4.78, 5) is 0. The van der Waals surface area contributed by atoms with Crippen molar-refractivity contribution in [2.45, 2.75) is 40.5 Å². The van der Waals surface area contributed by atoms with Crippen molar-refractivity contribution in [3.05, 3.63) is 0 Å². The van der Waals surface area contributed by atoms with Crippen LogP contribution in [-0.4, -0.2) is 23.4 Å². The molecule has 2 N–H and O–H groups in total. The van der Waals surface area contributed by atoms with Gasteiger partial charge in [0.15, 0.2) is 0 Å². The molecule has 0 saturated carbocycles. The molecule has 86 valence electrons. The molecule has 0 rings (SSSR count).